The molecule has 0 unspecified atom stereocenters. The number of carbonyl (C=O) groups is 1. The number of nitrogens with zero attached hydrogens (tertiary/aromatic N) is 2. The Kier molecular flexibility index (Phi) is 6.79. The second kappa shape index (κ2) is 10.4. The fourth-order valence-corrected chi connectivity index (χ4v) is 6.89. The van der Waals surface area contributed by atoms with Gasteiger partial charge < -0.3 is 4.90 Å². The summed E-state index contributed by atoms with van der Waals surface area (Å²) >= 11 is 0. The number of rotatable bonds is 8. The molecule has 6 nitrogen and oxygen atoms in total. The van der Waals surface area contributed by atoms with Gasteiger partial charge in [0.15, 0.2) is 0 Å². The molecule has 6 rings (SSSR count). The molecule has 0 spiro atoms. The summed E-state index contributed by atoms with van der Waals surface area (Å²) in [6.07, 6.45) is 2.28. The molecule has 1 amide bonds. The van der Waals surface area contributed by atoms with Crippen LogP contribution < -0.4 is 9.62 Å². The molecular weight excluding hydrogens is 506 g/mol. The number of fused-ring (bicyclic) bond motifs is 1. The maximum Gasteiger partial charge on any atom is 0.241 e. The lowest BCUT2D eigenvalue weighted by atomic mass is 10.1. The molecule has 3 aromatic carbocycles. The summed E-state index contributed by atoms with van der Waals surface area (Å²) in [5.41, 5.74) is 5.71. The monoisotopic (exact) mass is 537 g/mol. The minimum Gasteiger partial charge on any atom is -0.306 e. The lowest BCUT2D eigenvalue weighted by molar-refractivity contribution is -0.120. The van der Waals surface area contributed by atoms with Gasteiger partial charge in [-0.25, -0.2) is 13.1 Å². The molecule has 7 heteroatoms. The van der Waals surface area contributed by atoms with Crippen molar-refractivity contribution in [2.45, 2.75) is 49.6 Å². The van der Waals surface area contributed by atoms with E-state index < -0.39 is 10.0 Å². The molecule has 2 aliphatic rings. The van der Waals surface area contributed by atoms with E-state index in [1.54, 1.807) is 30.3 Å². The van der Waals surface area contributed by atoms with Crippen molar-refractivity contribution in [3.8, 4) is 0 Å². The van der Waals surface area contributed by atoms with Gasteiger partial charge in [-0.3, -0.25) is 9.78 Å². The van der Waals surface area contributed by atoms with Gasteiger partial charge in [0.25, 0.3) is 0 Å². The first kappa shape index (κ1) is 25.5. The van der Waals surface area contributed by atoms with Crippen molar-refractivity contribution in [1.82, 2.24) is 9.71 Å². The van der Waals surface area contributed by atoms with E-state index in [9.17, 15) is 13.2 Å². The van der Waals surface area contributed by atoms with Gasteiger partial charge in [-0.2, -0.15) is 0 Å². The summed E-state index contributed by atoms with van der Waals surface area (Å²) in [5.74, 6) is 0.205. The Morgan fingerprint density at radius 3 is 2.44 bits per heavy atom. The van der Waals surface area contributed by atoms with Crippen LogP contribution in [0.5, 0.6) is 0 Å². The Labute approximate surface area is 229 Å². The van der Waals surface area contributed by atoms with Crippen LogP contribution in [0.15, 0.2) is 102 Å². The molecule has 39 heavy (non-hydrogen) atoms. The predicted octanol–water partition coefficient (Wildman–Crippen LogP) is 5.69. The van der Waals surface area contributed by atoms with Gasteiger partial charge >= 0.3 is 0 Å². The smallest absolute Gasteiger partial charge is 0.241 e. The van der Waals surface area contributed by atoms with Crippen molar-refractivity contribution in [2.24, 2.45) is 5.92 Å². The van der Waals surface area contributed by atoms with Crippen molar-refractivity contribution in [2.75, 3.05) is 4.90 Å². The maximum absolute atomic E-state index is 14.0. The van der Waals surface area contributed by atoms with Crippen LogP contribution in [0, 0.1) is 12.8 Å². The molecule has 1 aromatic heterocycles. The molecule has 4 aromatic rings. The molecule has 0 saturated heterocycles. The summed E-state index contributed by atoms with van der Waals surface area (Å²) in [7, 11) is -3.67. The maximum atomic E-state index is 14.0. The van der Waals surface area contributed by atoms with Crippen molar-refractivity contribution in [3.63, 3.8) is 0 Å². The molecule has 3 atom stereocenters. The highest BCUT2D eigenvalue weighted by atomic mass is 32.2. The molecule has 2 aliphatic carbocycles. The fraction of sp³-hybridized carbons (Fsp3) is 0.250. The first-order chi connectivity index (χ1) is 18.9. The van der Waals surface area contributed by atoms with Crippen LogP contribution >= 0.6 is 0 Å². The Balaban J connectivity index is 1.30. The van der Waals surface area contributed by atoms with Gasteiger partial charge in [-0.1, -0.05) is 60.7 Å². The zero-order chi connectivity index (χ0) is 27.0. The van der Waals surface area contributed by atoms with Gasteiger partial charge in [0, 0.05) is 23.3 Å². The standard InChI is InChI=1S/C32H31N3O3S/c1-22-9-8-12-25(33-22)21-35(32(36)30-20-28(30)23-10-4-2-5-11-23)26-17-15-24-16-18-31(29(24)19-26)34-39(37,38)27-13-6-3-7-14-27/h2-15,17,19,28,30-31,34H,16,18,20-21H2,1H3/t28-,30-,31-/m1/s1. The molecule has 0 radical (unpaired) electrons. The van der Waals surface area contributed by atoms with Gasteiger partial charge in [0.1, 0.15) is 0 Å². The van der Waals surface area contributed by atoms with Gasteiger partial charge in [0.2, 0.25) is 15.9 Å². The summed E-state index contributed by atoms with van der Waals surface area (Å²) < 4.78 is 29.1. The van der Waals surface area contributed by atoms with E-state index in [1.807, 2.05) is 66.4 Å². The van der Waals surface area contributed by atoms with Crippen LogP contribution in [0.1, 0.15) is 52.9 Å². The van der Waals surface area contributed by atoms with Crippen LogP contribution in [0.3, 0.4) is 0 Å². The topological polar surface area (TPSA) is 79.4 Å². The Hall–Kier alpha value is -3.81. The van der Waals surface area contributed by atoms with Crippen LogP contribution in [-0.2, 0) is 27.8 Å². The Bertz CT molecular complexity index is 1610. The number of hydrogen-bond donors (Lipinski definition) is 1. The fourth-order valence-electron chi connectivity index (χ4n) is 5.62. The first-order valence-electron chi connectivity index (χ1n) is 13.4. The number of hydrogen-bond acceptors (Lipinski definition) is 4. The molecule has 1 fully saturated rings. The molecule has 0 aliphatic heterocycles. The van der Waals surface area contributed by atoms with E-state index in [-0.39, 0.29) is 28.7 Å². The summed E-state index contributed by atoms with van der Waals surface area (Å²) in [5, 5.41) is 0. The molecule has 1 saturated carbocycles. The molecule has 1 heterocycles. The third-order valence-electron chi connectivity index (χ3n) is 7.74. The normalized spacial score (nSPS) is 19.9. The summed E-state index contributed by atoms with van der Waals surface area (Å²) in [4.78, 5) is 20.7. The van der Waals surface area contributed by atoms with Crippen molar-refractivity contribution >= 4 is 21.6 Å². The number of amides is 1. The quantitative estimate of drug-likeness (QED) is 0.313. The van der Waals surface area contributed by atoms with Crippen LogP contribution in [0.2, 0.25) is 0 Å². The van der Waals surface area contributed by atoms with Crippen LogP contribution in [-0.4, -0.2) is 19.3 Å². The lowest BCUT2D eigenvalue weighted by Crippen LogP contribution is -2.33. The highest BCUT2D eigenvalue weighted by molar-refractivity contribution is 7.89. The molecule has 0 bridgehead atoms. The van der Waals surface area contributed by atoms with Crippen LogP contribution in [0.25, 0.3) is 0 Å². The number of carbonyl (C=O) groups excluding carboxylic acids is 1. The molecular formula is C32H31N3O3S. The van der Waals surface area contributed by atoms with Crippen molar-refractivity contribution < 1.29 is 13.2 Å². The highest BCUT2D eigenvalue weighted by Crippen LogP contribution is 2.49. The van der Waals surface area contributed by atoms with Gasteiger partial charge in [0.05, 0.1) is 17.1 Å². The minimum absolute atomic E-state index is 0.0755. The number of benzene rings is 3. The highest BCUT2D eigenvalue weighted by Gasteiger charge is 2.46. The third-order valence-corrected chi connectivity index (χ3v) is 9.22. The second-order valence-corrected chi connectivity index (χ2v) is 12.2. The van der Waals surface area contributed by atoms with Crippen molar-refractivity contribution in [1.29, 1.82) is 0 Å². The average Bonchev–Trinajstić information content (AvgIpc) is 3.67. The van der Waals surface area contributed by atoms with E-state index in [0.29, 0.717) is 13.0 Å². The van der Waals surface area contributed by atoms with Gasteiger partial charge in [-0.05, 0) is 85.2 Å². The second-order valence-electron chi connectivity index (χ2n) is 10.5. The predicted molar refractivity (Wildman–Crippen MR) is 152 cm³/mol. The van der Waals surface area contributed by atoms with Crippen molar-refractivity contribution in [3.05, 3.63) is 125 Å². The summed E-state index contributed by atoms with van der Waals surface area (Å²) in [6, 6.07) is 30.1. The van der Waals surface area contributed by atoms with E-state index in [4.69, 9.17) is 0 Å². The number of aromatic nitrogens is 1. The number of nitrogens with one attached hydrogen (secondary N) is 1. The summed E-state index contributed by atoms with van der Waals surface area (Å²) in [6.45, 7) is 2.30. The van der Waals surface area contributed by atoms with E-state index >= 15 is 0 Å². The Morgan fingerprint density at radius 1 is 0.949 bits per heavy atom. The van der Waals surface area contributed by atoms with E-state index in [2.05, 4.69) is 21.8 Å². The molecule has 198 valence electrons. The SMILES string of the molecule is Cc1cccc(CN(C(=O)[C@@H]2C[C@@H]2c2ccccc2)c2ccc3c(c2)[C@H](NS(=O)(=O)c2ccccc2)CC3)n1. The van der Waals surface area contributed by atoms with Crippen LogP contribution in [0.4, 0.5) is 5.69 Å². The average molecular weight is 538 g/mol. The minimum atomic E-state index is -3.67. The third kappa shape index (κ3) is 5.37. The Morgan fingerprint density at radius 2 is 1.69 bits per heavy atom. The zero-order valence-corrected chi connectivity index (χ0v) is 22.6. The van der Waals surface area contributed by atoms with E-state index in [1.165, 1.54) is 5.56 Å². The first-order valence-corrected chi connectivity index (χ1v) is 14.9. The van der Waals surface area contributed by atoms with Gasteiger partial charge in [-0.15, -0.1) is 0 Å². The number of sulfonamides is 1. The number of aryl methyl sites for hydroxylation is 2. The van der Waals surface area contributed by atoms with E-state index in [0.717, 1.165) is 41.0 Å². The largest absolute Gasteiger partial charge is 0.306 e. The lowest BCUT2D eigenvalue weighted by Gasteiger charge is -2.25. The zero-order valence-electron chi connectivity index (χ0n) is 21.8. The number of anilines is 1. The molecule has 1 N–H and O–H groups in total. The number of pyridine rings is 1.